The summed E-state index contributed by atoms with van der Waals surface area (Å²) in [5.41, 5.74) is 2.12. The summed E-state index contributed by atoms with van der Waals surface area (Å²) in [7, 11) is 1.64. The van der Waals surface area contributed by atoms with Crippen LogP contribution >= 0.6 is 0 Å². The van der Waals surface area contributed by atoms with E-state index in [4.69, 9.17) is 18.6 Å². The summed E-state index contributed by atoms with van der Waals surface area (Å²) in [6, 6.07) is 11.2. The van der Waals surface area contributed by atoms with Crippen LogP contribution in [0, 0.1) is 5.92 Å². The molecular formula is C24H24N4O5. The van der Waals surface area contributed by atoms with Gasteiger partial charge in [-0.2, -0.15) is 0 Å². The van der Waals surface area contributed by atoms with Crippen LogP contribution in [0.3, 0.4) is 0 Å². The number of hydrogen-bond acceptors (Lipinski definition) is 7. The summed E-state index contributed by atoms with van der Waals surface area (Å²) >= 11 is 0. The highest BCUT2D eigenvalue weighted by Crippen LogP contribution is 2.34. The second-order valence-corrected chi connectivity index (χ2v) is 8.43. The average Bonchev–Trinajstić information content (AvgIpc) is 3.47. The van der Waals surface area contributed by atoms with Gasteiger partial charge in [-0.3, -0.25) is 4.79 Å². The molecule has 2 aliphatic rings. The number of hydrogen-bond donors (Lipinski definition) is 0. The van der Waals surface area contributed by atoms with E-state index in [1.807, 2.05) is 35.2 Å². The van der Waals surface area contributed by atoms with Gasteiger partial charge in [0.1, 0.15) is 29.7 Å². The summed E-state index contributed by atoms with van der Waals surface area (Å²) in [5, 5.41) is 5.49. The lowest BCUT2D eigenvalue weighted by molar-refractivity contribution is -0.141. The number of carbonyl (C=O) groups is 1. The molecule has 1 atom stereocenters. The average molecular weight is 448 g/mol. The van der Waals surface area contributed by atoms with E-state index >= 15 is 0 Å². The van der Waals surface area contributed by atoms with E-state index in [-0.39, 0.29) is 17.9 Å². The number of imidazole rings is 1. The van der Waals surface area contributed by atoms with Crippen LogP contribution in [-0.4, -0.2) is 64.9 Å². The molecule has 0 spiro atoms. The molecule has 2 fully saturated rings. The molecule has 6 rings (SSSR count). The Morgan fingerprint density at radius 2 is 2.15 bits per heavy atom. The first kappa shape index (κ1) is 20.0. The SMILES string of the molecule is COc1cccc2oc(-c3cnc4ccc(OCC5CN(C(=O)C6CC6)CCO5)nn34)cc12. The lowest BCUT2D eigenvalue weighted by Crippen LogP contribution is -2.48. The van der Waals surface area contributed by atoms with Gasteiger partial charge >= 0.3 is 0 Å². The molecule has 4 heterocycles. The van der Waals surface area contributed by atoms with Crippen molar-refractivity contribution in [1.29, 1.82) is 0 Å². The zero-order valence-corrected chi connectivity index (χ0v) is 18.3. The van der Waals surface area contributed by atoms with Gasteiger partial charge in [0.25, 0.3) is 0 Å². The summed E-state index contributed by atoms with van der Waals surface area (Å²) in [4.78, 5) is 18.7. The van der Waals surface area contributed by atoms with Crippen LogP contribution in [0.1, 0.15) is 12.8 Å². The third kappa shape index (κ3) is 3.78. The molecule has 33 heavy (non-hydrogen) atoms. The van der Waals surface area contributed by atoms with Gasteiger partial charge in [-0.25, -0.2) is 9.50 Å². The Kier molecular flexibility index (Phi) is 4.91. The predicted molar refractivity (Wildman–Crippen MR) is 119 cm³/mol. The Hall–Kier alpha value is -3.59. The molecule has 1 aromatic carbocycles. The van der Waals surface area contributed by atoms with Crippen LogP contribution in [0.25, 0.3) is 28.1 Å². The molecule has 3 aromatic heterocycles. The Morgan fingerprint density at radius 3 is 3.00 bits per heavy atom. The quantitative estimate of drug-likeness (QED) is 0.447. The maximum atomic E-state index is 12.4. The van der Waals surface area contributed by atoms with Crippen molar-refractivity contribution < 1.29 is 23.4 Å². The zero-order valence-electron chi connectivity index (χ0n) is 18.3. The Morgan fingerprint density at radius 1 is 1.24 bits per heavy atom. The van der Waals surface area contributed by atoms with Crippen molar-refractivity contribution in [3.63, 3.8) is 0 Å². The molecule has 9 heteroatoms. The van der Waals surface area contributed by atoms with Crippen molar-refractivity contribution in [3.8, 4) is 23.1 Å². The van der Waals surface area contributed by atoms with E-state index < -0.39 is 0 Å². The second kappa shape index (κ2) is 8.08. The van der Waals surface area contributed by atoms with Crippen molar-refractivity contribution >= 4 is 22.5 Å². The number of furan rings is 1. The number of benzene rings is 1. The molecule has 1 saturated carbocycles. The number of amides is 1. The first-order valence-electron chi connectivity index (χ1n) is 11.1. The first-order chi connectivity index (χ1) is 16.2. The second-order valence-electron chi connectivity index (χ2n) is 8.43. The summed E-state index contributed by atoms with van der Waals surface area (Å²) < 4.78 is 24.9. The molecule has 4 aromatic rings. The van der Waals surface area contributed by atoms with Crippen molar-refractivity contribution in [3.05, 3.63) is 42.6 Å². The molecule has 9 nitrogen and oxygen atoms in total. The van der Waals surface area contributed by atoms with Gasteiger partial charge in [0, 0.05) is 18.5 Å². The van der Waals surface area contributed by atoms with Crippen LogP contribution in [0.5, 0.6) is 11.6 Å². The summed E-state index contributed by atoms with van der Waals surface area (Å²) in [6.07, 6.45) is 3.56. The van der Waals surface area contributed by atoms with Crippen LogP contribution < -0.4 is 9.47 Å². The fourth-order valence-electron chi connectivity index (χ4n) is 4.23. The van der Waals surface area contributed by atoms with Gasteiger partial charge in [0.15, 0.2) is 11.4 Å². The lowest BCUT2D eigenvalue weighted by atomic mass is 10.2. The molecule has 1 amide bonds. The number of rotatable bonds is 6. The topological polar surface area (TPSA) is 91.3 Å². The number of morpholine rings is 1. The van der Waals surface area contributed by atoms with Gasteiger partial charge in [-0.05, 0) is 37.1 Å². The summed E-state index contributed by atoms with van der Waals surface area (Å²) in [6.45, 7) is 2.05. The zero-order chi connectivity index (χ0) is 22.4. The lowest BCUT2D eigenvalue weighted by Gasteiger charge is -2.32. The molecule has 1 unspecified atom stereocenters. The number of aromatic nitrogens is 3. The van der Waals surface area contributed by atoms with E-state index in [1.165, 1.54) is 0 Å². The molecule has 0 radical (unpaired) electrons. The Bertz CT molecular complexity index is 1330. The smallest absolute Gasteiger partial charge is 0.231 e. The van der Waals surface area contributed by atoms with Crippen LogP contribution in [-0.2, 0) is 9.53 Å². The van der Waals surface area contributed by atoms with Gasteiger partial charge in [0.05, 0.1) is 31.8 Å². The maximum absolute atomic E-state index is 12.4. The van der Waals surface area contributed by atoms with Crippen molar-refractivity contribution in [2.24, 2.45) is 5.92 Å². The number of carbonyl (C=O) groups excluding carboxylic acids is 1. The molecule has 1 aliphatic carbocycles. The fraction of sp³-hybridized carbons (Fsp3) is 0.375. The third-order valence-electron chi connectivity index (χ3n) is 6.13. The Balaban J connectivity index is 1.21. The van der Waals surface area contributed by atoms with Crippen LogP contribution in [0.4, 0.5) is 0 Å². The standard InChI is InChI=1S/C24H24N4O5/c1-30-19-3-2-4-20-17(19)11-21(33-20)18-12-25-22-7-8-23(26-28(18)22)32-14-16-13-27(9-10-31-16)24(29)15-5-6-15/h2-4,7-8,11-12,15-16H,5-6,9-10,13-14H2,1H3. The highest BCUT2D eigenvalue weighted by atomic mass is 16.5. The molecule has 1 saturated heterocycles. The Labute approximate surface area is 189 Å². The van der Waals surface area contributed by atoms with Crippen molar-refractivity contribution in [2.75, 3.05) is 33.4 Å². The highest BCUT2D eigenvalue weighted by molar-refractivity contribution is 5.88. The first-order valence-corrected chi connectivity index (χ1v) is 11.1. The normalized spacial score (nSPS) is 18.7. The number of fused-ring (bicyclic) bond motifs is 2. The van der Waals surface area contributed by atoms with Crippen LogP contribution in [0.2, 0.25) is 0 Å². The molecule has 1 aliphatic heterocycles. The number of methoxy groups -OCH3 is 1. The van der Waals surface area contributed by atoms with Gasteiger partial charge < -0.3 is 23.5 Å². The van der Waals surface area contributed by atoms with Crippen molar-refractivity contribution in [1.82, 2.24) is 19.5 Å². The molecular weight excluding hydrogens is 424 g/mol. The maximum Gasteiger partial charge on any atom is 0.231 e. The third-order valence-corrected chi connectivity index (χ3v) is 6.13. The van der Waals surface area contributed by atoms with Gasteiger partial charge in [-0.1, -0.05) is 6.07 Å². The molecule has 0 bridgehead atoms. The molecule has 170 valence electrons. The van der Waals surface area contributed by atoms with E-state index in [0.29, 0.717) is 49.3 Å². The molecule has 0 N–H and O–H groups in total. The van der Waals surface area contributed by atoms with Crippen molar-refractivity contribution in [2.45, 2.75) is 18.9 Å². The minimum atomic E-state index is -0.177. The van der Waals surface area contributed by atoms with E-state index in [9.17, 15) is 4.79 Å². The predicted octanol–water partition coefficient (Wildman–Crippen LogP) is 3.17. The van der Waals surface area contributed by atoms with Crippen LogP contribution in [0.15, 0.2) is 47.0 Å². The van der Waals surface area contributed by atoms with Gasteiger partial charge in [0.2, 0.25) is 11.8 Å². The monoisotopic (exact) mass is 448 g/mol. The summed E-state index contributed by atoms with van der Waals surface area (Å²) in [5.74, 6) is 2.29. The van der Waals surface area contributed by atoms with Gasteiger partial charge in [-0.15, -0.1) is 5.10 Å². The minimum Gasteiger partial charge on any atom is -0.496 e. The number of nitrogens with zero attached hydrogens (tertiary/aromatic N) is 4. The largest absolute Gasteiger partial charge is 0.496 e. The minimum absolute atomic E-state index is 0.177. The number of ether oxygens (including phenoxy) is 3. The van der Waals surface area contributed by atoms with E-state index in [1.54, 1.807) is 23.9 Å². The fourth-order valence-corrected chi connectivity index (χ4v) is 4.23. The highest BCUT2D eigenvalue weighted by Gasteiger charge is 2.35. The van der Waals surface area contributed by atoms with E-state index in [0.717, 1.165) is 29.6 Å². The van der Waals surface area contributed by atoms with E-state index in [2.05, 4.69) is 10.1 Å².